The van der Waals surface area contributed by atoms with E-state index in [0.29, 0.717) is 23.1 Å². The van der Waals surface area contributed by atoms with E-state index in [1.54, 1.807) is 11.8 Å². The van der Waals surface area contributed by atoms with E-state index < -0.39 is 10.8 Å². The standard InChI is InChI=1S/C24H21N3O4S/c1-30-19-10-7-18(8-11-19)27-24(21-14-32(29)15-22(21)26-27)25-23(28)13-31-20-9-6-16-4-2-3-5-17(16)12-20/h2-12H,13-15H2,1H3,(H,25,28)/t32-/m1/s1. The second-order valence-electron chi connectivity index (χ2n) is 7.46. The SMILES string of the molecule is COc1ccc(-n2nc3c(c2NC(=O)COc2ccc4ccccc4c2)C[S@@](=O)C3)cc1. The average Bonchev–Trinajstić information content (AvgIpc) is 3.34. The topological polar surface area (TPSA) is 82.4 Å². The van der Waals surface area contributed by atoms with Gasteiger partial charge in [0.2, 0.25) is 0 Å². The second kappa shape index (κ2) is 8.47. The quantitative estimate of drug-likeness (QED) is 0.486. The number of nitrogens with one attached hydrogen (secondary N) is 1. The van der Waals surface area contributed by atoms with E-state index in [-0.39, 0.29) is 12.5 Å². The number of carbonyl (C=O) groups is 1. The molecule has 4 aromatic rings. The first-order valence-corrected chi connectivity index (χ1v) is 11.6. The molecule has 0 aliphatic carbocycles. The number of benzene rings is 3. The number of hydrogen-bond donors (Lipinski definition) is 1. The molecule has 1 atom stereocenters. The zero-order chi connectivity index (χ0) is 22.1. The first kappa shape index (κ1) is 20.3. The molecule has 0 bridgehead atoms. The van der Waals surface area contributed by atoms with Gasteiger partial charge in [0.05, 0.1) is 30.0 Å². The molecular formula is C24H21N3O4S. The first-order valence-electron chi connectivity index (χ1n) is 10.1. The molecule has 162 valence electrons. The molecule has 0 fully saturated rings. The van der Waals surface area contributed by atoms with Gasteiger partial charge in [0.1, 0.15) is 17.3 Å². The van der Waals surface area contributed by atoms with Gasteiger partial charge in [-0.05, 0) is 47.2 Å². The van der Waals surface area contributed by atoms with Gasteiger partial charge in [0, 0.05) is 16.4 Å². The summed E-state index contributed by atoms with van der Waals surface area (Å²) in [5.74, 6) is 2.32. The number of carbonyl (C=O) groups excluding carboxylic acids is 1. The zero-order valence-corrected chi connectivity index (χ0v) is 18.2. The summed E-state index contributed by atoms with van der Waals surface area (Å²) in [6, 6.07) is 21.1. The lowest BCUT2D eigenvalue weighted by Gasteiger charge is -2.12. The molecule has 5 rings (SSSR count). The fourth-order valence-electron chi connectivity index (χ4n) is 3.74. The Morgan fingerprint density at radius 3 is 2.56 bits per heavy atom. The lowest BCUT2D eigenvalue weighted by molar-refractivity contribution is -0.118. The van der Waals surface area contributed by atoms with E-state index in [1.807, 2.05) is 66.7 Å². The molecule has 7 nitrogen and oxygen atoms in total. The number of amides is 1. The van der Waals surface area contributed by atoms with Gasteiger partial charge >= 0.3 is 0 Å². The number of ether oxygens (including phenoxy) is 2. The summed E-state index contributed by atoms with van der Waals surface area (Å²) in [7, 11) is 0.597. The van der Waals surface area contributed by atoms with E-state index in [1.165, 1.54) is 0 Å². The monoisotopic (exact) mass is 447 g/mol. The van der Waals surface area contributed by atoms with Crippen LogP contribution < -0.4 is 14.8 Å². The normalized spacial score (nSPS) is 14.8. The highest BCUT2D eigenvalue weighted by molar-refractivity contribution is 7.83. The summed E-state index contributed by atoms with van der Waals surface area (Å²) < 4.78 is 24.7. The van der Waals surface area contributed by atoms with Crippen molar-refractivity contribution < 1.29 is 18.5 Å². The van der Waals surface area contributed by atoms with Crippen molar-refractivity contribution in [1.29, 1.82) is 0 Å². The largest absolute Gasteiger partial charge is 0.497 e. The summed E-state index contributed by atoms with van der Waals surface area (Å²) in [4.78, 5) is 12.7. The molecule has 1 aromatic heterocycles. The second-order valence-corrected chi connectivity index (χ2v) is 8.91. The highest BCUT2D eigenvalue weighted by Crippen LogP contribution is 2.31. The fraction of sp³-hybridized carbons (Fsp3) is 0.167. The number of nitrogens with zero attached hydrogens (tertiary/aromatic N) is 2. The molecule has 1 N–H and O–H groups in total. The van der Waals surface area contributed by atoms with E-state index in [0.717, 1.165) is 33.5 Å². The molecule has 0 saturated heterocycles. The van der Waals surface area contributed by atoms with Crippen LogP contribution in [0.5, 0.6) is 11.5 Å². The minimum absolute atomic E-state index is 0.149. The zero-order valence-electron chi connectivity index (χ0n) is 17.4. The Kier molecular flexibility index (Phi) is 5.36. The van der Waals surface area contributed by atoms with Crippen LogP contribution in [-0.2, 0) is 27.1 Å². The molecule has 2 heterocycles. The molecule has 8 heteroatoms. The van der Waals surface area contributed by atoms with Crippen molar-refractivity contribution in [3.05, 3.63) is 78.0 Å². The van der Waals surface area contributed by atoms with Crippen molar-refractivity contribution in [2.75, 3.05) is 19.0 Å². The Labute approximate surface area is 187 Å². The van der Waals surface area contributed by atoms with Gasteiger partial charge in [-0.1, -0.05) is 30.3 Å². The van der Waals surface area contributed by atoms with E-state index in [4.69, 9.17) is 9.47 Å². The van der Waals surface area contributed by atoms with Crippen molar-refractivity contribution in [3.8, 4) is 17.2 Å². The molecule has 0 unspecified atom stereocenters. The summed E-state index contributed by atoms with van der Waals surface area (Å²) in [6.45, 7) is -0.149. The third-order valence-electron chi connectivity index (χ3n) is 5.34. The van der Waals surface area contributed by atoms with Crippen molar-refractivity contribution in [1.82, 2.24) is 9.78 Å². The predicted molar refractivity (Wildman–Crippen MR) is 124 cm³/mol. The highest BCUT2D eigenvalue weighted by Gasteiger charge is 2.28. The third kappa shape index (κ3) is 3.97. The van der Waals surface area contributed by atoms with Crippen LogP contribution in [0, 0.1) is 0 Å². The molecule has 1 aliphatic heterocycles. The smallest absolute Gasteiger partial charge is 0.263 e. The van der Waals surface area contributed by atoms with Crippen LogP contribution in [0.2, 0.25) is 0 Å². The third-order valence-corrected chi connectivity index (χ3v) is 6.54. The maximum atomic E-state index is 12.7. The lowest BCUT2D eigenvalue weighted by atomic mass is 10.1. The average molecular weight is 448 g/mol. The van der Waals surface area contributed by atoms with Crippen molar-refractivity contribution in [2.24, 2.45) is 0 Å². The molecule has 32 heavy (non-hydrogen) atoms. The fourth-order valence-corrected chi connectivity index (χ4v) is 5.00. The number of fused-ring (bicyclic) bond motifs is 2. The van der Waals surface area contributed by atoms with E-state index in [2.05, 4.69) is 10.4 Å². The van der Waals surface area contributed by atoms with Gasteiger partial charge in [0.25, 0.3) is 5.91 Å². The number of aromatic nitrogens is 2. The van der Waals surface area contributed by atoms with Gasteiger partial charge in [-0.3, -0.25) is 9.00 Å². The highest BCUT2D eigenvalue weighted by atomic mass is 32.2. The Morgan fingerprint density at radius 2 is 1.78 bits per heavy atom. The van der Waals surface area contributed by atoms with Gasteiger partial charge < -0.3 is 14.8 Å². The Balaban J connectivity index is 1.36. The van der Waals surface area contributed by atoms with Crippen LogP contribution in [0.1, 0.15) is 11.3 Å². The molecule has 1 aliphatic rings. The van der Waals surface area contributed by atoms with Crippen LogP contribution >= 0.6 is 0 Å². The maximum absolute atomic E-state index is 12.7. The summed E-state index contributed by atoms with van der Waals surface area (Å²) in [5, 5.41) is 9.67. The molecule has 0 radical (unpaired) electrons. The van der Waals surface area contributed by atoms with Crippen LogP contribution in [0.25, 0.3) is 16.5 Å². The van der Waals surface area contributed by atoms with Crippen LogP contribution in [0.15, 0.2) is 66.7 Å². The van der Waals surface area contributed by atoms with E-state index >= 15 is 0 Å². The van der Waals surface area contributed by atoms with Gasteiger partial charge in [0.15, 0.2) is 6.61 Å². The Hall–Kier alpha value is -3.65. The molecule has 0 spiro atoms. The number of anilines is 1. The van der Waals surface area contributed by atoms with Gasteiger partial charge in [-0.15, -0.1) is 0 Å². The number of methoxy groups -OCH3 is 1. The number of hydrogen-bond acceptors (Lipinski definition) is 5. The van der Waals surface area contributed by atoms with Crippen LogP contribution in [0.4, 0.5) is 5.82 Å². The molecule has 0 saturated carbocycles. The van der Waals surface area contributed by atoms with Crippen LogP contribution in [0.3, 0.4) is 0 Å². The first-order chi connectivity index (χ1) is 15.6. The minimum Gasteiger partial charge on any atom is -0.497 e. The Morgan fingerprint density at radius 1 is 1.03 bits per heavy atom. The lowest BCUT2D eigenvalue weighted by Crippen LogP contribution is -2.22. The molecule has 3 aromatic carbocycles. The minimum atomic E-state index is -1.01. The predicted octanol–water partition coefficient (Wildman–Crippen LogP) is 3.81. The molecule has 1 amide bonds. The summed E-state index contributed by atoms with van der Waals surface area (Å²) in [6.07, 6.45) is 0. The van der Waals surface area contributed by atoms with Crippen molar-refractivity contribution in [3.63, 3.8) is 0 Å². The van der Waals surface area contributed by atoms with Gasteiger partial charge in [-0.25, -0.2) is 4.68 Å². The summed E-state index contributed by atoms with van der Waals surface area (Å²) in [5.41, 5.74) is 2.32. The van der Waals surface area contributed by atoms with E-state index in [9.17, 15) is 9.00 Å². The van der Waals surface area contributed by atoms with Crippen LogP contribution in [-0.4, -0.2) is 33.6 Å². The van der Waals surface area contributed by atoms with Crippen molar-refractivity contribution >= 4 is 33.3 Å². The maximum Gasteiger partial charge on any atom is 0.263 e. The number of rotatable bonds is 6. The van der Waals surface area contributed by atoms with Crippen molar-refractivity contribution in [2.45, 2.75) is 11.5 Å². The summed E-state index contributed by atoms with van der Waals surface area (Å²) >= 11 is 0. The Bertz CT molecular complexity index is 1330. The molecular weight excluding hydrogens is 426 g/mol. The van der Waals surface area contributed by atoms with Gasteiger partial charge in [-0.2, -0.15) is 5.10 Å².